The lowest BCUT2D eigenvalue weighted by atomic mass is 10.1. The minimum absolute atomic E-state index is 0.0336. The second-order valence-corrected chi connectivity index (χ2v) is 6.08. The van der Waals surface area contributed by atoms with Gasteiger partial charge >= 0.3 is 5.69 Å². The zero-order valence-corrected chi connectivity index (χ0v) is 15.3. The van der Waals surface area contributed by atoms with Crippen LogP contribution in [0, 0.1) is 0 Å². The van der Waals surface area contributed by atoms with E-state index in [1.807, 2.05) is 14.0 Å². The first-order chi connectivity index (χ1) is 12.0. The first-order valence-corrected chi connectivity index (χ1v) is 8.65. The first-order valence-electron chi connectivity index (χ1n) is 8.24. The summed E-state index contributed by atoms with van der Waals surface area (Å²) in [4.78, 5) is 36.2. The van der Waals surface area contributed by atoms with Gasteiger partial charge in [0, 0.05) is 39.8 Å². The third kappa shape index (κ3) is 4.89. The molecule has 0 aromatic carbocycles. The van der Waals surface area contributed by atoms with Crippen LogP contribution in [0.4, 0.5) is 0 Å². The number of aromatic nitrogens is 2. The Morgan fingerprint density at radius 2 is 1.96 bits per heavy atom. The quantitative estimate of drug-likeness (QED) is 0.393. The molecule has 1 aromatic heterocycles. The van der Waals surface area contributed by atoms with E-state index in [9.17, 15) is 14.7 Å². The van der Waals surface area contributed by atoms with E-state index in [0.29, 0.717) is 18.7 Å². The molecule has 1 aliphatic heterocycles. The lowest BCUT2D eigenvalue weighted by Gasteiger charge is -2.35. The van der Waals surface area contributed by atoms with E-state index in [1.54, 1.807) is 0 Å². The van der Waals surface area contributed by atoms with Crippen LogP contribution in [0.15, 0.2) is 14.6 Å². The Hall–Kier alpha value is -2.20. The molecule has 1 saturated heterocycles. The average molecular weight is 368 g/mol. The largest absolute Gasteiger partial charge is 0.494 e. The van der Waals surface area contributed by atoms with Crippen molar-refractivity contribution in [1.82, 2.24) is 25.1 Å². The first kappa shape index (κ1) is 19.1. The maximum atomic E-state index is 11.9. The van der Waals surface area contributed by atoms with Gasteiger partial charge in [-0.3, -0.25) is 24.7 Å². The summed E-state index contributed by atoms with van der Waals surface area (Å²) in [5.74, 6) is -0.441. The van der Waals surface area contributed by atoms with Gasteiger partial charge in [0.25, 0.3) is 5.56 Å². The Morgan fingerprint density at radius 1 is 1.28 bits per heavy atom. The Kier molecular flexibility index (Phi) is 6.71. The van der Waals surface area contributed by atoms with Crippen molar-refractivity contribution in [2.24, 2.45) is 4.99 Å². The standard InChI is InChI=1S/C15H24N6O3S/c1-3-10(11-12(22)18-14(24)19-13(11)23)17-4-5-20-6-8-21(9-7-20)15(25)16-2/h3-9H2,1-2H3,(H,16,25)(H3,18,19,22,23,24). The fourth-order valence-electron chi connectivity index (χ4n) is 2.77. The number of hydrogen-bond donors (Lipinski definition) is 4. The molecule has 0 radical (unpaired) electrons. The highest BCUT2D eigenvalue weighted by molar-refractivity contribution is 7.80. The fourth-order valence-corrected chi connectivity index (χ4v) is 2.95. The summed E-state index contributed by atoms with van der Waals surface area (Å²) >= 11 is 5.23. The molecule has 1 aliphatic rings. The van der Waals surface area contributed by atoms with Crippen LogP contribution in [-0.2, 0) is 0 Å². The van der Waals surface area contributed by atoms with Gasteiger partial charge in [0.1, 0.15) is 5.56 Å². The molecule has 0 aliphatic carbocycles. The van der Waals surface area contributed by atoms with Gasteiger partial charge in [-0.25, -0.2) is 4.79 Å². The van der Waals surface area contributed by atoms with Gasteiger partial charge in [0.05, 0.1) is 12.3 Å². The number of nitrogens with one attached hydrogen (secondary N) is 3. The lowest BCUT2D eigenvalue weighted by molar-refractivity contribution is 0.186. The normalized spacial score (nSPS) is 16.1. The van der Waals surface area contributed by atoms with Gasteiger partial charge in [0.15, 0.2) is 5.11 Å². The molecule has 0 amide bonds. The average Bonchev–Trinajstić information content (AvgIpc) is 2.59. The molecule has 1 aromatic rings. The molecule has 2 rings (SSSR count). The highest BCUT2D eigenvalue weighted by Gasteiger charge is 2.18. The number of rotatable bonds is 5. The van der Waals surface area contributed by atoms with Gasteiger partial charge in [-0.05, 0) is 18.6 Å². The molecule has 4 N–H and O–H groups in total. The van der Waals surface area contributed by atoms with E-state index in [-0.39, 0.29) is 5.56 Å². The summed E-state index contributed by atoms with van der Waals surface area (Å²) in [6.07, 6.45) is 0.479. The third-order valence-electron chi connectivity index (χ3n) is 4.14. The SMILES string of the molecule is CCC(=NCCN1CCN(C(=S)NC)CC1)c1c(O)[nH]c(=O)[nH]c1=O. The molecule has 0 spiro atoms. The van der Waals surface area contributed by atoms with Crippen molar-refractivity contribution in [3.63, 3.8) is 0 Å². The number of aliphatic imine (C=N–C) groups is 1. The van der Waals surface area contributed by atoms with Crippen molar-refractivity contribution in [3.05, 3.63) is 26.4 Å². The number of piperazine rings is 1. The zero-order valence-electron chi connectivity index (χ0n) is 14.5. The van der Waals surface area contributed by atoms with Gasteiger partial charge in [-0.1, -0.05) is 6.92 Å². The van der Waals surface area contributed by atoms with Crippen molar-refractivity contribution in [3.8, 4) is 5.88 Å². The third-order valence-corrected chi connectivity index (χ3v) is 4.60. The summed E-state index contributed by atoms with van der Waals surface area (Å²) in [6, 6.07) is 0. The summed E-state index contributed by atoms with van der Waals surface area (Å²) < 4.78 is 0. The smallest absolute Gasteiger partial charge is 0.328 e. The van der Waals surface area contributed by atoms with E-state index in [1.165, 1.54) is 0 Å². The number of aromatic amines is 2. The van der Waals surface area contributed by atoms with E-state index in [0.717, 1.165) is 37.8 Å². The van der Waals surface area contributed by atoms with Crippen LogP contribution in [0.1, 0.15) is 18.9 Å². The van der Waals surface area contributed by atoms with Gasteiger partial charge < -0.3 is 15.3 Å². The summed E-state index contributed by atoms with van der Waals surface area (Å²) in [5.41, 5.74) is -0.855. The van der Waals surface area contributed by atoms with E-state index in [2.05, 4.69) is 30.1 Å². The monoisotopic (exact) mass is 368 g/mol. The van der Waals surface area contributed by atoms with E-state index < -0.39 is 17.1 Å². The summed E-state index contributed by atoms with van der Waals surface area (Å²) in [5, 5.41) is 13.6. The predicted molar refractivity (Wildman–Crippen MR) is 101 cm³/mol. The predicted octanol–water partition coefficient (Wildman–Crippen LogP) is -0.910. The van der Waals surface area contributed by atoms with Crippen molar-refractivity contribution in [1.29, 1.82) is 0 Å². The second-order valence-electron chi connectivity index (χ2n) is 5.70. The molecule has 0 saturated carbocycles. The van der Waals surface area contributed by atoms with E-state index >= 15 is 0 Å². The van der Waals surface area contributed by atoms with Crippen LogP contribution in [0.3, 0.4) is 0 Å². The van der Waals surface area contributed by atoms with Crippen LogP contribution >= 0.6 is 12.2 Å². The fraction of sp³-hybridized carbons (Fsp3) is 0.600. The van der Waals surface area contributed by atoms with Crippen molar-refractivity contribution in [2.45, 2.75) is 13.3 Å². The topological polar surface area (TPSA) is 117 Å². The molecule has 0 atom stereocenters. The zero-order chi connectivity index (χ0) is 18.4. The molecule has 2 heterocycles. The van der Waals surface area contributed by atoms with Crippen LogP contribution in [0.25, 0.3) is 0 Å². The van der Waals surface area contributed by atoms with Gasteiger partial charge in [-0.15, -0.1) is 0 Å². The molecule has 138 valence electrons. The number of hydrogen-bond acceptors (Lipinski definition) is 6. The minimum Gasteiger partial charge on any atom is -0.494 e. The molecule has 1 fully saturated rings. The highest BCUT2D eigenvalue weighted by atomic mass is 32.1. The molecule has 9 nitrogen and oxygen atoms in total. The molecule has 10 heteroatoms. The van der Waals surface area contributed by atoms with Crippen LogP contribution < -0.4 is 16.6 Å². The van der Waals surface area contributed by atoms with Crippen molar-refractivity contribution in [2.75, 3.05) is 46.3 Å². The van der Waals surface area contributed by atoms with Gasteiger partial charge in [0.2, 0.25) is 5.88 Å². The maximum Gasteiger partial charge on any atom is 0.328 e. The number of H-pyrrole nitrogens is 2. The number of aromatic hydroxyl groups is 1. The van der Waals surface area contributed by atoms with Gasteiger partial charge in [-0.2, -0.15) is 0 Å². The minimum atomic E-state index is -0.737. The number of thiocarbonyl (C=S) groups is 1. The Bertz CT molecular complexity index is 748. The molecule has 0 unspecified atom stereocenters. The van der Waals surface area contributed by atoms with Crippen LogP contribution in [0.5, 0.6) is 5.88 Å². The van der Waals surface area contributed by atoms with Crippen LogP contribution in [0.2, 0.25) is 0 Å². The van der Waals surface area contributed by atoms with Crippen molar-refractivity contribution < 1.29 is 5.11 Å². The maximum absolute atomic E-state index is 11.9. The van der Waals surface area contributed by atoms with Crippen molar-refractivity contribution >= 4 is 23.0 Å². The highest BCUT2D eigenvalue weighted by Crippen LogP contribution is 2.09. The summed E-state index contributed by atoms with van der Waals surface area (Å²) in [6.45, 7) is 6.63. The molecular weight excluding hydrogens is 344 g/mol. The number of nitrogens with zero attached hydrogens (tertiary/aromatic N) is 3. The van der Waals surface area contributed by atoms with E-state index in [4.69, 9.17) is 12.2 Å². The molecule has 25 heavy (non-hydrogen) atoms. The second kappa shape index (κ2) is 8.77. The lowest BCUT2D eigenvalue weighted by Crippen LogP contribution is -2.51. The molecule has 0 bridgehead atoms. The summed E-state index contributed by atoms with van der Waals surface area (Å²) in [7, 11) is 1.82. The Morgan fingerprint density at radius 3 is 2.52 bits per heavy atom. The molecular formula is C15H24N6O3S. The Labute approximate surface area is 150 Å². The van der Waals surface area contributed by atoms with Crippen LogP contribution in [-0.4, -0.2) is 82.0 Å². The Balaban J connectivity index is 1.96.